The molecule has 4 heterocycles. The van der Waals surface area contributed by atoms with Crippen molar-refractivity contribution in [1.82, 2.24) is 24.1 Å². The summed E-state index contributed by atoms with van der Waals surface area (Å²) in [5, 5.41) is 6.85. The molecular weight excluding hydrogens is 699 g/mol. The standard InChI is InChI=1S/C51H31N5O/c1-3-13-32(14-4-1)49-52-50(35-25-27-39-37-17-7-10-20-43(37)55(45(39)30-35)36-15-5-2-6-16-36)54-51(53-49)56-44-21-11-8-18-38(44)40-26-23-33(29-46(40)56)34-24-28-42-41-19-9-12-22-47(41)57-48(42)31-34/h1-31H. The van der Waals surface area contributed by atoms with Crippen LogP contribution in [-0.4, -0.2) is 24.1 Å². The Bertz CT molecular complexity index is 3520. The molecule has 12 rings (SSSR count). The summed E-state index contributed by atoms with van der Waals surface area (Å²) >= 11 is 0. The van der Waals surface area contributed by atoms with Crippen LogP contribution >= 0.6 is 0 Å². The number of hydrogen-bond donors (Lipinski definition) is 0. The van der Waals surface area contributed by atoms with E-state index in [-0.39, 0.29) is 0 Å². The van der Waals surface area contributed by atoms with Crippen LogP contribution in [0.3, 0.4) is 0 Å². The van der Waals surface area contributed by atoms with Crippen LogP contribution in [0.4, 0.5) is 0 Å². The zero-order valence-corrected chi connectivity index (χ0v) is 30.5. The molecule has 0 atom stereocenters. The first-order chi connectivity index (χ1) is 28.2. The van der Waals surface area contributed by atoms with E-state index in [1.807, 2.05) is 30.3 Å². The molecule has 0 amide bonds. The Morgan fingerprint density at radius 3 is 1.54 bits per heavy atom. The van der Waals surface area contributed by atoms with Gasteiger partial charge in [0, 0.05) is 49.1 Å². The van der Waals surface area contributed by atoms with Gasteiger partial charge in [0.1, 0.15) is 11.2 Å². The van der Waals surface area contributed by atoms with Gasteiger partial charge in [-0.25, -0.2) is 4.98 Å². The molecule has 0 unspecified atom stereocenters. The Morgan fingerprint density at radius 1 is 0.316 bits per heavy atom. The van der Waals surface area contributed by atoms with Crippen LogP contribution in [0.15, 0.2) is 192 Å². The van der Waals surface area contributed by atoms with Gasteiger partial charge >= 0.3 is 0 Å². The highest BCUT2D eigenvalue weighted by molar-refractivity contribution is 6.12. The van der Waals surface area contributed by atoms with E-state index < -0.39 is 0 Å². The third kappa shape index (κ3) is 4.94. The Hall–Kier alpha value is -7.83. The zero-order valence-electron chi connectivity index (χ0n) is 30.5. The first kappa shape index (κ1) is 31.5. The van der Waals surface area contributed by atoms with Gasteiger partial charge in [-0.1, -0.05) is 133 Å². The van der Waals surface area contributed by atoms with Gasteiger partial charge in [-0.2, -0.15) is 9.97 Å². The lowest BCUT2D eigenvalue weighted by molar-refractivity contribution is 0.669. The molecule has 12 aromatic rings. The highest BCUT2D eigenvalue weighted by Crippen LogP contribution is 2.38. The normalized spacial score (nSPS) is 11.9. The highest BCUT2D eigenvalue weighted by Gasteiger charge is 2.20. The van der Waals surface area contributed by atoms with E-state index in [0.717, 1.165) is 82.7 Å². The highest BCUT2D eigenvalue weighted by atomic mass is 16.3. The predicted octanol–water partition coefficient (Wildman–Crippen LogP) is 13.0. The number of furan rings is 1. The molecule has 0 spiro atoms. The smallest absolute Gasteiger partial charge is 0.238 e. The van der Waals surface area contributed by atoms with Crippen molar-refractivity contribution in [3.8, 4) is 45.5 Å². The zero-order chi connectivity index (χ0) is 37.5. The number of rotatable bonds is 5. The van der Waals surface area contributed by atoms with Gasteiger partial charge in [0.15, 0.2) is 11.6 Å². The maximum Gasteiger partial charge on any atom is 0.238 e. The number of nitrogens with zero attached hydrogens (tertiary/aromatic N) is 5. The molecule has 0 aliphatic carbocycles. The van der Waals surface area contributed by atoms with Gasteiger partial charge in [-0.05, 0) is 65.7 Å². The second-order valence-corrected chi connectivity index (χ2v) is 14.5. The minimum atomic E-state index is 0.554. The van der Waals surface area contributed by atoms with Crippen LogP contribution < -0.4 is 0 Å². The molecule has 0 radical (unpaired) electrons. The van der Waals surface area contributed by atoms with Gasteiger partial charge in [0.25, 0.3) is 0 Å². The minimum absolute atomic E-state index is 0.554. The van der Waals surface area contributed by atoms with Gasteiger partial charge in [-0.15, -0.1) is 0 Å². The van der Waals surface area contributed by atoms with E-state index in [9.17, 15) is 0 Å². The largest absolute Gasteiger partial charge is 0.456 e. The molecule has 0 saturated heterocycles. The number of hydrogen-bond acceptors (Lipinski definition) is 4. The topological polar surface area (TPSA) is 61.7 Å². The summed E-state index contributed by atoms with van der Waals surface area (Å²) in [4.78, 5) is 15.7. The van der Waals surface area contributed by atoms with Crippen molar-refractivity contribution in [2.75, 3.05) is 0 Å². The van der Waals surface area contributed by atoms with Crippen molar-refractivity contribution in [3.05, 3.63) is 188 Å². The molecular formula is C51H31N5O. The molecule has 0 bridgehead atoms. The first-order valence-electron chi connectivity index (χ1n) is 19.1. The Labute approximate surface area is 326 Å². The van der Waals surface area contributed by atoms with Crippen molar-refractivity contribution in [2.24, 2.45) is 0 Å². The van der Waals surface area contributed by atoms with E-state index >= 15 is 0 Å². The molecule has 6 heteroatoms. The molecule has 266 valence electrons. The number of para-hydroxylation sites is 4. The van der Waals surface area contributed by atoms with Gasteiger partial charge in [0.05, 0.1) is 22.1 Å². The van der Waals surface area contributed by atoms with Gasteiger partial charge in [0.2, 0.25) is 5.95 Å². The van der Waals surface area contributed by atoms with Crippen LogP contribution in [0.2, 0.25) is 0 Å². The second kappa shape index (κ2) is 12.3. The van der Waals surface area contributed by atoms with E-state index in [2.05, 4.69) is 167 Å². The third-order valence-electron chi connectivity index (χ3n) is 11.2. The summed E-state index contributed by atoms with van der Waals surface area (Å²) in [5.41, 5.74) is 11.1. The fourth-order valence-electron chi connectivity index (χ4n) is 8.55. The molecule has 0 saturated carbocycles. The van der Waals surface area contributed by atoms with Crippen LogP contribution in [0.5, 0.6) is 0 Å². The molecule has 0 N–H and O–H groups in total. The van der Waals surface area contributed by atoms with Crippen LogP contribution in [0, 0.1) is 0 Å². The SMILES string of the molecule is c1ccc(-c2nc(-c3ccc4c5ccccc5n(-c5ccccc5)c4c3)nc(-n3c4ccccc4c4ccc(-c5ccc6c(c5)oc5ccccc56)cc43)n2)cc1. The van der Waals surface area contributed by atoms with Gasteiger partial charge < -0.3 is 8.98 Å². The lowest BCUT2D eigenvalue weighted by Crippen LogP contribution is -2.06. The molecule has 0 fully saturated rings. The lowest BCUT2D eigenvalue weighted by atomic mass is 10.0. The van der Waals surface area contributed by atoms with E-state index in [0.29, 0.717) is 17.6 Å². The van der Waals surface area contributed by atoms with Crippen molar-refractivity contribution in [1.29, 1.82) is 0 Å². The number of benzene rings is 8. The van der Waals surface area contributed by atoms with E-state index in [4.69, 9.17) is 19.4 Å². The van der Waals surface area contributed by atoms with E-state index in [1.165, 1.54) is 10.8 Å². The van der Waals surface area contributed by atoms with Crippen molar-refractivity contribution < 1.29 is 4.42 Å². The predicted molar refractivity (Wildman–Crippen MR) is 232 cm³/mol. The molecule has 8 aromatic carbocycles. The van der Waals surface area contributed by atoms with Gasteiger partial charge in [-0.3, -0.25) is 4.57 Å². The number of aromatic nitrogens is 5. The van der Waals surface area contributed by atoms with Crippen molar-refractivity contribution in [2.45, 2.75) is 0 Å². The van der Waals surface area contributed by atoms with E-state index in [1.54, 1.807) is 0 Å². The molecule has 0 aliphatic heterocycles. The third-order valence-corrected chi connectivity index (χ3v) is 11.2. The quantitative estimate of drug-likeness (QED) is 0.177. The van der Waals surface area contributed by atoms with Crippen LogP contribution in [0.1, 0.15) is 0 Å². The summed E-state index contributed by atoms with van der Waals surface area (Å²) in [7, 11) is 0. The fourth-order valence-corrected chi connectivity index (χ4v) is 8.55. The Morgan fingerprint density at radius 2 is 0.807 bits per heavy atom. The summed E-state index contributed by atoms with van der Waals surface area (Å²) in [6, 6.07) is 65.6. The average Bonchev–Trinajstić information content (AvgIpc) is 3.93. The molecule has 4 aromatic heterocycles. The Kier molecular flexibility index (Phi) is 6.83. The fraction of sp³-hybridized carbons (Fsp3) is 0. The van der Waals surface area contributed by atoms with Crippen molar-refractivity contribution >= 4 is 65.6 Å². The minimum Gasteiger partial charge on any atom is -0.456 e. The lowest BCUT2D eigenvalue weighted by Gasteiger charge is -2.12. The maximum atomic E-state index is 6.30. The summed E-state index contributed by atoms with van der Waals surface area (Å²) in [6.07, 6.45) is 0. The first-order valence-corrected chi connectivity index (χ1v) is 19.1. The van der Waals surface area contributed by atoms with Crippen LogP contribution in [-0.2, 0) is 0 Å². The maximum absolute atomic E-state index is 6.30. The molecule has 0 aliphatic rings. The number of fused-ring (bicyclic) bond motifs is 9. The monoisotopic (exact) mass is 729 g/mol. The molecule has 57 heavy (non-hydrogen) atoms. The second-order valence-electron chi connectivity index (χ2n) is 14.5. The summed E-state index contributed by atoms with van der Waals surface area (Å²) in [6.45, 7) is 0. The summed E-state index contributed by atoms with van der Waals surface area (Å²) < 4.78 is 10.8. The average molecular weight is 730 g/mol. The van der Waals surface area contributed by atoms with Crippen molar-refractivity contribution in [3.63, 3.8) is 0 Å². The molecule has 6 nitrogen and oxygen atoms in total. The van der Waals surface area contributed by atoms with Crippen LogP contribution in [0.25, 0.3) is 111 Å². The Balaban J connectivity index is 1.09. The summed E-state index contributed by atoms with van der Waals surface area (Å²) in [5.74, 6) is 1.76.